The fourth-order valence-electron chi connectivity index (χ4n) is 2.59. The predicted molar refractivity (Wildman–Crippen MR) is 109 cm³/mol. The lowest BCUT2D eigenvalue weighted by Crippen LogP contribution is -1.98. The summed E-state index contributed by atoms with van der Waals surface area (Å²) >= 11 is 1.37. The number of nitrogens with zero attached hydrogens (tertiary/aromatic N) is 2. The van der Waals surface area contributed by atoms with Gasteiger partial charge in [-0.2, -0.15) is 5.26 Å². The van der Waals surface area contributed by atoms with Gasteiger partial charge >= 0.3 is 0 Å². The first-order chi connectivity index (χ1) is 12.6. The second kappa shape index (κ2) is 8.31. The molecule has 3 nitrogen and oxygen atoms in total. The van der Waals surface area contributed by atoms with Gasteiger partial charge < -0.3 is 0 Å². The highest BCUT2D eigenvalue weighted by atomic mass is 32.2. The van der Waals surface area contributed by atoms with Crippen LogP contribution in [0.25, 0.3) is 22.4 Å². The minimum atomic E-state index is -0.968. The van der Waals surface area contributed by atoms with Crippen molar-refractivity contribution < 1.29 is 4.21 Å². The van der Waals surface area contributed by atoms with Crippen LogP contribution in [0.1, 0.15) is 11.1 Å². The summed E-state index contributed by atoms with van der Waals surface area (Å²) in [4.78, 5) is 4.71. The fourth-order valence-corrected chi connectivity index (χ4v) is 4.16. The Morgan fingerprint density at radius 3 is 2.38 bits per heavy atom. The lowest BCUT2D eigenvalue weighted by atomic mass is 9.99. The van der Waals surface area contributed by atoms with Crippen LogP contribution < -0.4 is 0 Å². The molecule has 1 aromatic heterocycles. The molecule has 0 saturated heterocycles. The van der Waals surface area contributed by atoms with Gasteiger partial charge in [-0.1, -0.05) is 71.9 Å². The van der Waals surface area contributed by atoms with Gasteiger partial charge in [-0.25, -0.2) is 4.98 Å². The summed E-state index contributed by atoms with van der Waals surface area (Å²) in [5.74, 6) is 0. The molecule has 0 spiro atoms. The Bertz CT molecular complexity index is 977. The van der Waals surface area contributed by atoms with E-state index >= 15 is 0 Å². The van der Waals surface area contributed by atoms with Crippen molar-refractivity contribution in [2.45, 2.75) is 11.9 Å². The van der Waals surface area contributed by atoms with E-state index in [0.717, 1.165) is 22.4 Å². The third-order valence-electron chi connectivity index (χ3n) is 3.89. The number of benzene rings is 2. The zero-order valence-electron chi connectivity index (χ0n) is 14.6. The topological polar surface area (TPSA) is 53.8 Å². The molecule has 0 radical (unpaired) electrons. The zero-order valence-corrected chi connectivity index (χ0v) is 16.2. The number of rotatable bonds is 5. The van der Waals surface area contributed by atoms with Gasteiger partial charge in [0.05, 0.1) is 16.3 Å². The van der Waals surface area contributed by atoms with Crippen molar-refractivity contribution in [3.8, 4) is 28.5 Å². The average molecular weight is 379 g/mol. The number of nitriles is 1. The van der Waals surface area contributed by atoms with Crippen LogP contribution in [0.3, 0.4) is 0 Å². The van der Waals surface area contributed by atoms with Gasteiger partial charge in [-0.05, 0) is 18.6 Å². The van der Waals surface area contributed by atoms with Gasteiger partial charge in [0.15, 0.2) is 0 Å². The highest BCUT2D eigenvalue weighted by molar-refractivity contribution is 8.10. The zero-order chi connectivity index (χ0) is 18.5. The Labute approximate surface area is 160 Å². The van der Waals surface area contributed by atoms with Crippen molar-refractivity contribution in [3.05, 3.63) is 71.8 Å². The summed E-state index contributed by atoms with van der Waals surface area (Å²) in [6.07, 6.45) is 1.65. The minimum absolute atomic E-state index is 0.410. The molecule has 1 atom stereocenters. The molecule has 130 valence electrons. The average Bonchev–Trinajstić information content (AvgIpc) is 2.66. The maximum Gasteiger partial charge on any atom is 0.116 e. The maximum atomic E-state index is 11.5. The maximum absolute atomic E-state index is 11.5. The molecule has 3 rings (SSSR count). The minimum Gasteiger partial charge on any atom is -0.259 e. The number of aromatic nitrogens is 1. The smallest absolute Gasteiger partial charge is 0.116 e. The van der Waals surface area contributed by atoms with Crippen LogP contribution in [0, 0.1) is 18.3 Å². The molecule has 0 aliphatic carbocycles. The molecule has 0 saturated carbocycles. The molecular weight excluding hydrogens is 360 g/mol. The molecule has 0 fully saturated rings. The third-order valence-corrected chi connectivity index (χ3v) is 6.26. The molecule has 0 N–H and O–H groups in total. The van der Waals surface area contributed by atoms with Crippen LogP contribution in [-0.4, -0.2) is 20.5 Å². The highest BCUT2D eigenvalue weighted by Crippen LogP contribution is 2.34. The van der Waals surface area contributed by atoms with E-state index in [9.17, 15) is 9.47 Å². The molecule has 26 heavy (non-hydrogen) atoms. The number of pyridine rings is 1. The van der Waals surface area contributed by atoms with Gasteiger partial charge in [-0.3, -0.25) is 4.21 Å². The summed E-state index contributed by atoms with van der Waals surface area (Å²) in [5.41, 5.74) is 5.34. The first-order valence-corrected chi connectivity index (χ1v) is 10.8. The van der Waals surface area contributed by atoms with Gasteiger partial charge in [-0.15, -0.1) is 0 Å². The van der Waals surface area contributed by atoms with Crippen LogP contribution in [0.5, 0.6) is 0 Å². The first kappa shape index (κ1) is 18.4. The van der Waals surface area contributed by atoms with Gasteiger partial charge in [0.25, 0.3) is 0 Å². The van der Waals surface area contributed by atoms with Crippen molar-refractivity contribution in [1.29, 1.82) is 5.26 Å². The SMILES string of the molecule is Cc1ccc(-c2cc(-c3ccccc3)c(C#N)c(SCS(C)=O)n2)cc1. The van der Waals surface area contributed by atoms with Gasteiger partial charge in [0, 0.05) is 28.2 Å². The quantitative estimate of drug-likeness (QED) is 0.585. The van der Waals surface area contributed by atoms with Crippen molar-refractivity contribution in [2.24, 2.45) is 0 Å². The van der Waals surface area contributed by atoms with Crippen LogP contribution >= 0.6 is 11.8 Å². The third kappa shape index (κ3) is 4.21. The Morgan fingerprint density at radius 1 is 1.08 bits per heavy atom. The Hall–Kier alpha value is -2.42. The fraction of sp³-hybridized carbons (Fsp3) is 0.143. The number of thioether (sulfide) groups is 1. The van der Waals surface area contributed by atoms with E-state index in [1.807, 2.05) is 67.6 Å². The van der Waals surface area contributed by atoms with E-state index in [2.05, 4.69) is 6.07 Å². The molecule has 0 aliphatic heterocycles. The molecule has 1 heterocycles. The van der Waals surface area contributed by atoms with E-state index in [1.165, 1.54) is 17.3 Å². The summed E-state index contributed by atoms with van der Waals surface area (Å²) in [6.45, 7) is 2.04. The second-order valence-corrected chi connectivity index (χ2v) is 8.68. The number of hydrogen-bond donors (Lipinski definition) is 0. The molecule has 2 aromatic carbocycles. The summed E-state index contributed by atoms with van der Waals surface area (Å²) < 4.78 is 11.5. The van der Waals surface area contributed by atoms with Gasteiger partial charge in [0.2, 0.25) is 0 Å². The van der Waals surface area contributed by atoms with Crippen LogP contribution in [0.4, 0.5) is 0 Å². The monoisotopic (exact) mass is 378 g/mol. The molecular formula is C21H18N2OS2. The molecule has 0 bridgehead atoms. The van der Waals surface area contributed by atoms with Crippen LogP contribution in [-0.2, 0) is 10.8 Å². The van der Waals surface area contributed by atoms with Crippen molar-refractivity contribution in [1.82, 2.24) is 4.98 Å². The Balaban J connectivity index is 2.19. The van der Waals surface area contributed by atoms with Crippen LogP contribution in [0.2, 0.25) is 0 Å². The number of hydrogen-bond acceptors (Lipinski definition) is 4. The lowest BCUT2D eigenvalue weighted by Gasteiger charge is -2.12. The standard InChI is InChI=1S/C21H18N2OS2/c1-15-8-10-17(11-9-15)20-12-18(16-6-4-3-5-7-16)19(13-22)21(23-20)25-14-26(2)24/h3-12H,14H2,1-2H3. The van der Waals surface area contributed by atoms with Crippen LogP contribution in [0.15, 0.2) is 65.7 Å². The summed E-state index contributed by atoms with van der Waals surface area (Å²) in [7, 11) is -0.968. The summed E-state index contributed by atoms with van der Waals surface area (Å²) in [6, 6.07) is 22.3. The van der Waals surface area contributed by atoms with E-state index in [4.69, 9.17) is 4.98 Å². The van der Waals surface area contributed by atoms with Crippen molar-refractivity contribution >= 4 is 22.6 Å². The van der Waals surface area contributed by atoms with E-state index < -0.39 is 10.8 Å². The second-order valence-electron chi connectivity index (χ2n) is 5.91. The van der Waals surface area contributed by atoms with Gasteiger partial charge in [0.1, 0.15) is 11.1 Å². The Kier molecular flexibility index (Phi) is 5.87. The number of aryl methyl sites for hydroxylation is 1. The van der Waals surface area contributed by atoms with Crippen molar-refractivity contribution in [3.63, 3.8) is 0 Å². The highest BCUT2D eigenvalue weighted by Gasteiger charge is 2.16. The molecule has 3 aromatic rings. The predicted octanol–water partition coefficient (Wildman–Crippen LogP) is 5.02. The van der Waals surface area contributed by atoms with E-state index in [-0.39, 0.29) is 0 Å². The normalized spacial score (nSPS) is 11.7. The van der Waals surface area contributed by atoms with E-state index in [0.29, 0.717) is 15.7 Å². The lowest BCUT2D eigenvalue weighted by molar-refractivity contribution is 0.689. The Morgan fingerprint density at radius 2 is 1.77 bits per heavy atom. The molecule has 5 heteroatoms. The first-order valence-electron chi connectivity index (χ1n) is 8.09. The summed E-state index contributed by atoms with van der Waals surface area (Å²) in [5, 5.41) is 10.8. The largest absolute Gasteiger partial charge is 0.259 e. The molecule has 1 unspecified atom stereocenters. The molecule has 0 aliphatic rings. The van der Waals surface area contributed by atoms with Crippen molar-refractivity contribution in [2.75, 3.05) is 11.3 Å². The van der Waals surface area contributed by atoms with E-state index in [1.54, 1.807) is 6.26 Å². The molecule has 0 amide bonds.